The summed E-state index contributed by atoms with van der Waals surface area (Å²) in [5.74, 6) is -1.42. The Hall–Kier alpha value is -1.89. The van der Waals surface area contributed by atoms with E-state index in [4.69, 9.17) is 5.11 Å². The molecule has 1 saturated heterocycles. The van der Waals surface area contributed by atoms with Crippen LogP contribution in [0.4, 0.5) is 0 Å². The summed E-state index contributed by atoms with van der Waals surface area (Å²) in [6.07, 6.45) is 0.437. The Kier molecular flexibility index (Phi) is 4.32. The van der Waals surface area contributed by atoms with Crippen LogP contribution >= 0.6 is 11.3 Å². The largest absolute Gasteiger partial charge is 0.481 e. The van der Waals surface area contributed by atoms with Crippen molar-refractivity contribution in [1.29, 1.82) is 0 Å². The maximum Gasteiger partial charge on any atom is 0.311 e. The maximum atomic E-state index is 12.0. The summed E-state index contributed by atoms with van der Waals surface area (Å²) in [6.45, 7) is 4.04. The van der Waals surface area contributed by atoms with E-state index in [0.717, 1.165) is 4.88 Å². The zero-order chi connectivity index (χ0) is 15.6. The second kappa shape index (κ2) is 5.85. The third-order valence-electron chi connectivity index (χ3n) is 3.71. The molecular weight excluding hydrogens is 292 g/mol. The van der Waals surface area contributed by atoms with Gasteiger partial charge in [-0.1, -0.05) is 0 Å². The zero-order valence-corrected chi connectivity index (χ0v) is 12.8. The monoisotopic (exact) mass is 310 g/mol. The Bertz CT molecular complexity index is 583. The van der Waals surface area contributed by atoms with Crippen LogP contribution in [0.15, 0.2) is 12.1 Å². The van der Waals surface area contributed by atoms with E-state index < -0.39 is 11.4 Å². The molecule has 1 unspecified atom stereocenters. The number of carboxylic acid groups (broad SMARTS) is 1. The second-order valence-corrected chi connectivity index (χ2v) is 6.81. The van der Waals surface area contributed by atoms with E-state index in [9.17, 15) is 14.4 Å². The molecule has 0 radical (unpaired) electrons. The number of carboxylic acids is 1. The van der Waals surface area contributed by atoms with E-state index in [1.165, 1.54) is 16.2 Å². The number of aliphatic carboxylic acids is 1. The number of aryl methyl sites for hydroxylation is 1. The van der Waals surface area contributed by atoms with Gasteiger partial charge in [0.2, 0.25) is 5.91 Å². The van der Waals surface area contributed by atoms with E-state index >= 15 is 0 Å². The summed E-state index contributed by atoms with van der Waals surface area (Å²) < 4.78 is 0. The molecule has 6 nitrogen and oxygen atoms in total. The van der Waals surface area contributed by atoms with Crippen molar-refractivity contribution in [1.82, 2.24) is 10.2 Å². The number of carbonyl (C=O) groups excluding carboxylic acids is 2. The Morgan fingerprint density at radius 2 is 2.14 bits per heavy atom. The van der Waals surface area contributed by atoms with Crippen molar-refractivity contribution in [3.8, 4) is 0 Å². The first-order valence-corrected chi connectivity index (χ1v) is 7.49. The SMILES string of the molecule is Cc1ccc(C(=O)NCC(=O)N2CCC(C)(C(=O)O)C2)s1. The van der Waals surface area contributed by atoms with Gasteiger partial charge in [-0.05, 0) is 32.4 Å². The molecule has 1 fully saturated rings. The molecule has 21 heavy (non-hydrogen) atoms. The van der Waals surface area contributed by atoms with Crippen LogP contribution in [0, 0.1) is 12.3 Å². The normalized spacial score (nSPS) is 21.3. The number of likely N-dealkylation sites (tertiary alicyclic amines) is 1. The van der Waals surface area contributed by atoms with Crippen LogP contribution in [0.25, 0.3) is 0 Å². The Morgan fingerprint density at radius 3 is 2.67 bits per heavy atom. The van der Waals surface area contributed by atoms with Gasteiger partial charge >= 0.3 is 5.97 Å². The van der Waals surface area contributed by atoms with Crippen molar-refractivity contribution in [3.63, 3.8) is 0 Å². The average Bonchev–Trinajstić information content (AvgIpc) is 3.03. The first kappa shape index (κ1) is 15.5. The summed E-state index contributed by atoms with van der Waals surface area (Å²) in [4.78, 5) is 38.1. The van der Waals surface area contributed by atoms with Gasteiger partial charge < -0.3 is 15.3 Å². The van der Waals surface area contributed by atoms with Crippen molar-refractivity contribution in [2.45, 2.75) is 20.3 Å². The Morgan fingerprint density at radius 1 is 1.43 bits per heavy atom. The molecule has 0 aromatic carbocycles. The lowest BCUT2D eigenvalue weighted by atomic mass is 9.90. The summed E-state index contributed by atoms with van der Waals surface area (Å²) in [5, 5.41) is 11.7. The van der Waals surface area contributed by atoms with Gasteiger partial charge in [0.25, 0.3) is 5.91 Å². The fraction of sp³-hybridized carbons (Fsp3) is 0.500. The summed E-state index contributed by atoms with van der Waals surface area (Å²) in [5.41, 5.74) is -0.884. The topological polar surface area (TPSA) is 86.7 Å². The summed E-state index contributed by atoms with van der Waals surface area (Å²) in [7, 11) is 0. The van der Waals surface area contributed by atoms with Gasteiger partial charge in [0.15, 0.2) is 0 Å². The molecule has 1 aromatic rings. The predicted octanol–water partition coefficient (Wildman–Crippen LogP) is 1.11. The smallest absolute Gasteiger partial charge is 0.311 e. The molecule has 2 rings (SSSR count). The van der Waals surface area contributed by atoms with Crippen molar-refractivity contribution >= 4 is 29.1 Å². The second-order valence-electron chi connectivity index (χ2n) is 5.52. The number of carbonyl (C=O) groups is 3. The number of amides is 2. The molecule has 0 spiro atoms. The average molecular weight is 310 g/mol. The van der Waals surface area contributed by atoms with E-state index in [1.54, 1.807) is 13.0 Å². The van der Waals surface area contributed by atoms with Crippen LogP contribution in [0.3, 0.4) is 0 Å². The number of thiophene rings is 1. The highest BCUT2D eigenvalue weighted by Crippen LogP contribution is 2.29. The van der Waals surface area contributed by atoms with Gasteiger partial charge in [0.05, 0.1) is 16.8 Å². The molecular formula is C14H18N2O4S. The molecule has 0 aliphatic carbocycles. The predicted molar refractivity (Wildman–Crippen MR) is 78.3 cm³/mol. The molecule has 7 heteroatoms. The minimum Gasteiger partial charge on any atom is -0.481 e. The minimum absolute atomic E-state index is 0.106. The summed E-state index contributed by atoms with van der Waals surface area (Å²) >= 11 is 1.37. The molecule has 0 bridgehead atoms. The molecule has 1 aliphatic heterocycles. The molecule has 2 N–H and O–H groups in total. The minimum atomic E-state index is -0.893. The van der Waals surface area contributed by atoms with Crippen LogP contribution < -0.4 is 5.32 Å². The lowest BCUT2D eigenvalue weighted by Crippen LogP contribution is -2.40. The van der Waals surface area contributed by atoms with Crippen LogP contribution in [0.5, 0.6) is 0 Å². The van der Waals surface area contributed by atoms with Crippen molar-refractivity contribution in [2.24, 2.45) is 5.41 Å². The van der Waals surface area contributed by atoms with Gasteiger partial charge in [0, 0.05) is 18.0 Å². The van der Waals surface area contributed by atoms with Crippen molar-refractivity contribution < 1.29 is 19.5 Å². The Balaban J connectivity index is 1.86. The van der Waals surface area contributed by atoms with Crippen LogP contribution in [0.1, 0.15) is 27.9 Å². The van der Waals surface area contributed by atoms with Crippen LogP contribution in [-0.2, 0) is 9.59 Å². The fourth-order valence-corrected chi connectivity index (χ4v) is 3.04. The van der Waals surface area contributed by atoms with Crippen molar-refractivity contribution in [2.75, 3.05) is 19.6 Å². The number of nitrogens with one attached hydrogen (secondary N) is 1. The maximum absolute atomic E-state index is 12.0. The molecule has 2 amide bonds. The lowest BCUT2D eigenvalue weighted by Gasteiger charge is -2.20. The van der Waals surface area contributed by atoms with Crippen LogP contribution in [-0.4, -0.2) is 47.4 Å². The van der Waals surface area contributed by atoms with Crippen LogP contribution in [0.2, 0.25) is 0 Å². The lowest BCUT2D eigenvalue weighted by molar-refractivity contribution is -0.147. The molecule has 1 aromatic heterocycles. The number of nitrogens with zero attached hydrogens (tertiary/aromatic N) is 1. The van der Waals surface area contributed by atoms with Gasteiger partial charge in [-0.2, -0.15) is 0 Å². The van der Waals surface area contributed by atoms with Gasteiger partial charge in [-0.25, -0.2) is 0 Å². The third kappa shape index (κ3) is 3.41. The number of hydrogen-bond donors (Lipinski definition) is 2. The van der Waals surface area contributed by atoms with Crippen molar-refractivity contribution in [3.05, 3.63) is 21.9 Å². The van der Waals surface area contributed by atoms with E-state index in [-0.39, 0.29) is 24.9 Å². The molecule has 2 heterocycles. The van der Waals surface area contributed by atoms with E-state index in [1.807, 2.05) is 13.0 Å². The van der Waals surface area contributed by atoms with Gasteiger partial charge in [-0.3, -0.25) is 14.4 Å². The first-order chi connectivity index (χ1) is 9.82. The van der Waals surface area contributed by atoms with E-state index in [2.05, 4.69) is 5.32 Å². The van der Waals surface area contributed by atoms with Gasteiger partial charge in [0.1, 0.15) is 0 Å². The Labute approximate surface area is 126 Å². The number of rotatable bonds is 4. The highest BCUT2D eigenvalue weighted by molar-refractivity contribution is 7.13. The fourth-order valence-electron chi connectivity index (χ4n) is 2.26. The molecule has 1 atom stereocenters. The van der Waals surface area contributed by atoms with Gasteiger partial charge in [-0.15, -0.1) is 11.3 Å². The molecule has 114 valence electrons. The number of hydrogen-bond acceptors (Lipinski definition) is 4. The highest BCUT2D eigenvalue weighted by Gasteiger charge is 2.41. The quantitative estimate of drug-likeness (QED) is 0.872. The zero-order valence-electron chi connectivity index (χ0n) is 12.0. The molecule has 0 saturated carbocycles. The standard InChI is InChI=1S/C14H18N2O4S/c1-9-3-4-10(21-9)12(18)15-7-11(17)16-6-5-14(2,8-16)13(19)20/h3-4H,5-8H2,1-2H3,(H,15,18)(H,19,20). The first-order valence-electron chi connectivity index (χ1n) is 6.68. The molecule has 1 aliphatic rings. The highest BCUT2D eigenvalue weighted by atomic mass is 32.1. The third-order valence-corrected chi connectivity index (χ3v) is 4.71. The van der Waals surface area contributed by atoms with E-state index in [0.29, 0.717) is 17.8 Å². The summed E-state index contributed by atoms with van der Waals surface area (Å²) in [6, 6.07) is 3.57.